The summed E-state index contributed by atoms with van der Waals surface area (Å²) in [4.78, 5) is -1.13. The molecule has 4 aromatic rings. The van der Waals surface area contributed by atoms with E-state index in [1.54, 1.807) is 18.2 Å². The van der Waals surface area contributed by atoms with Gasteiger partial charge in [-0.2, -0.15) is 21.9 Å². The average molecular weight is 458 g/mol. The van der Waals surface area contributed by atoms with Crippen LogP contribution in [0.5, 0.6) is 5.75 Å². The summed E-state index contributed by atoms with van der Waals surface area (Å²) in [6, 6.07) is 16.0. The molecule has 0 aliphatic heterocycles. The summed E-state index contributed by atoms with van der Waals surface area (Å²) in [7, 11) is -9.35. The van der Waals surface area contributed by atoms with Gasteiger partial charge in [-0.1, -0.05) is 36.4 Å². The molecule has 0 bridgehead atoms. The molecule has 0 heterocycles. The van der Waals surface area contributed by atoms with Gasteiger partial charge in [0.25, 0.3) is 20.2 Å². The summed E-state index contributed by atoms with van der Waals surface area (Å²) in [6.45, 7) is 0. The first-order chi connectivity index (χ1) is 14.5. The molecule has 4 rings (SSSR count). The minimum absolute atomic E-state index is 0.0343. The van der Waals surface area contributed by atoms with Crippen LogP contribution in [-0.4, -0.2) is 31.0 Å². The molecule has 4 aromatic carbocycles. The van der Waals surface area contributed by atoms with E-state index in [1.807, 2.05) is 12.1 Å². The number of phenols is 1. The van der Waals surface area contributed by atoms with Crippen molar-refractivity contribution in [1.29, 1.82) is 0 Å². The van der Waals surface area contributed by atoms with E-state index < -0.39 is 30.0 Å². The number of rotatable bonds is 4. The average Bonchev–Trinajstić information content (AvgIpc) is 2.70. The van der Waals surface area contributed by atoms with Crippen LogP contribution in [0, 0.1) is 0 Å². The van der Waals surface area contributed by atoms with Crippen molar-refractivity contribution in [2.24, 2.45) is 10.2 Å². The maximum atomic E-state index is 11.9. The van der Waals surface area contributed by atoms with Gasteiger partial charge in [-0.15, -0.1) is 5.11 Å². The van der Waals surface area contributed by atoms with E-state index in [0.29, 0.717) is 5.39 Å². The van der Waals surface area contributed by atoms with Crippen molar-refractivity contribution in [3.63, 3.8) is 0 Å². The second kappa shape index (κ2) is 7.39. The van der Waals surface area contributed by atoms with Crippen LogP contribution in [-0.2, 0) is 20.2 Å². The Balaban J connectivity index is 1.91. The first-order valence-corrected chi connectivity index (χ1v) is 11.6. The number of benzene rings is 4. The third kappa shape index (κ3) is 4.11. The van der Waals surface area contributed by atoms with Crippen LogP contribution < -0.4 is 0 Å². The van der Waals surface area contributed by atoms with Gasteiger partial charge >= 0.3 is 0 Å². The summed E-state index contributed by atoms with van der Waals surface area (Å²) < 4.78 is 65.4. The summed E-state index contributed by atoms with van der Waals surface area (Å²) in [5.41, 5.74) is 0.209. The topological polar surface area (TPSA) is 154 Å². The van der Waals surface area contributed by atoms with Crippen molar-refractivity contribution >= 4 is 53.2 Å². The van der Waals surface area contributed by atoms with Gasteiger partial charge in [0.2, 0.25) is 0 Å². The maximum Gasteiger partial charge on any atom is 0.295 e. The Morgan fingerprint density at radius 3 is 2.10 bits per heavy atom. The third-order valence-electron chi connectivity index (χ3n) is 4.59. The molecule has 3 N–H and O–H groups in total. The normalized spacial score (nSPS) is 12.7. The van der Waals surface area contributed by atoms with E-state index in [4.69, 9.17) is 0 Å². The van der Waals surface area contributed by atoms with Gasteiger partial charge in [0.05, 0.1) is 10.6 Å². The molecule has 0 radical (unpaired) electrons. The van der Waals surface area contributed by atoms with Gasteiger partial charge in [0.15, 0.2) is 0 Å². The Labute approximate surface area is 176 Å². The lowest BCUT2D eigenvalue weighted by atomic mass is 10.1. The minimum atomic E-state index is -4.77. The number of aromatic hydroxyl groups is 1. The predicted octanol–water partition coefficient (Wildman–Crippen LogP) is 4.61. The van der Waals surface area contributed by atoms with Gasteiger partial charge in [-0.25, -0.2) is 0 Å². The predicted molar refractivity (Wildman–Crippen MR) is 113 cm³/mol. The van der Waals surface area contributed by atoms with Crippen molar-refractivity contribution in [3.8, 4) is 5.75 Å². The maximum absolute atomic E-state index is 11.9. The molecule has 0 aromatic heterocycles. The second-order valence-electron chi connectivity index (χ2n) is 6.63. The van der Waals surface area contributed by atoms with E-state index in [0.717, 1.165) is 23.6 Å². The van der Waals surface area contributed by atoms with Crippen LogP contribution >= 0.6 is 0 Å². The fourth-order valence-corrected chi connectivity index (χ4v) is 4.41. The van der Waals surface area contributed by atoms with Crippen LogP contribution in [0.25, 0.3) is 21.5 Å². The first-order valence-electron chi connectivity index (χ1n) is 8.69. The van der Waals surface area contributed by atoms with Crippen molar-refractivity contribution < 1.29 is 31.0 Å². The molecule has 158 valence electrons. The molecule has 0 aliphatic rings. The zero-order valence-corrected chi connectivity index (χ0v) is 17.2. The molecule has 11 heteroatoms. The SMILES string of the molecule is O=S(=O)(O)c1ccc2cc(N=Nc3c(O)ccc4ccccc34)cc(S(=O)(=O)O)c2c1. The number of phenolic OH excluding ortho intramolecular Hbond substituents is 1. The zero-order chi connectivity index (χ0) is 22.4. The Morgan fingerprint density at radius 1 is 0.677 bits per heavy atom. The summed E-state index contributed by atoms with van der Waals surface area (Å²) >= 11 is 0. The fourth-order valence-electron chi connectivity index (χ4n) is 3.18. The Kier molecular flexibility index (Phi) is 4.98. The van der Waals surface area contributed by atoms with E-state index in [1.165, 1.54) is 18.2 Å². The van der Waals surface area contributed by atoms with Gasteiger partial charge in [-0.05, 0) is 41.1 Å². The summed E-state index contributed by atoms with van der Waals surface area (Å²) in [5.74, 6) is -0.129. The smallest absolute Gasteiger partial charge is 0.295 e. The molecule has 31 heavy (non-hydrogen) atoms. The number of nitrogens with zero attached hydrogens (tertiary/aromatic N) is 2. The van der Waals surface area contributed by atoms with Crippen molar-refractivity contribution in [3.05, 3.63) is 66.7 Å². The molecule has 0 spiro atoms. The van der Waals surface area contributed by atoms with E-state index in [2.05, 4.69) is 10.2 Å². The monoisotopic (exact) mass is 458 g/mol. The Bertz CT molecular complexity index is 1600. The molecule has 0 unspecified atom stereocenters. The highest BCUT2D eigenvalue weighted by Gasteiger charge is 2.19. The first kappa shape index (κ1) is 20.9. The van der Waals surface area contributed by atoms with Crippen molar-refractivity contribution in [2.45, 2.75) is 9.79 Å². The van der Waals surface area contributed by atoms with Crippen LogP contribution in [0.3, 0.4) is 0 Å². The summed E-state index contributed by atoms with van der Waals surface area (Å²) in [5, 5.41) is 19.8. The van der Waals surface area contributed by atoms with Crippen molar-refractivity contribution in [2.75, 3.05) is 0 Å². The van der Waals surface area contributed by atoms with Gasteiger partial charge in [-0.3, -0.25) is 9.11 Å². The molecular weight excluding hydrogens is 444 g/mol. The lowest BCUT2D eigenvalue weighted by Gasteiger charge is -2.08. The number of hydrogen-bond acceptors (Lipinski definition) is 7. The molecule has 0 fully saturated rings. The van der Waals surface area contributed by atoms with E-state index >= 15 is 0 Å². The Morgan fingerprint density at radius 2 is 1.39 bits per heavy atom. The molecular formula is C20H14N2O7S2. The Hall–Kier alpha value is -3.38. The number of hydrogen-bond donors (Lipinski definition) is 3. The highest BCUT2D eigenvalue weighted by Crippen LogP contribution is 2.37. The van der Waals surface area contributed by atoms with Crippen LogP contribution in [0.1, 0.15) is 0 Å². The number of azo groups is 1. The molecule has 0 saturated carbocycles. The summed E-state index contributed by atoms with van der Waals surface area (Å²) in [6.07, 6.45) is 0. The van der Waals surface area contributed by atoms with Gasteiger partial charge in [0.1, 0.15) is 16.3 Å². The number of fused-ring (bicyclic) bond motifs is 2. The highest BCUT2D eigenvalue weighted by atomic mass is 32.2. The highest BCUT2D eigenvalue weighted by molar-refractivity contribution is 7.86. The molecule has 0 saturated heterocycles. The largest absolute Gasteiger partial charge is 0.506 e. The van der Waals surface area contributed by atoms with Gasteiger partial charge < -0.3 is 5.11 Å². The zero-order valence-electron chi connectivity index (χ0n) is 15.5. The molecule has 9 nitrogen and oxygen atoms in total. The molecule has 0 atom stereocenters. The van der Waals surface area contributed by atoms with Crippen molar-refractivity contribution in [1.82, 2.24) is 0 Å². The molecule has 0 aliphatic carbocycles. The standard InChI is InChI=1S/C20H14N2O7S2/c23-18-8-6-12-3-1-2-4-16(12)20(18)22-21-14-9-13-5-7-15(30(24,25)26)11-17(13)19(10-14)31(27,28)29/h1-11,23H,(H,24,25,26)(H,27,28,29). The van der Waals surface area contributed by atoms with Gasteiger partial charge in [0, 0.05) is 10.8 Å². The minimum Gasteiger partial charge on any atom is -0.506 e. The fraction of sp³-hybridized carbons (Fsp3) is 0. The van der Waals surface area contributed by atoms with Crippen LogP contribution in [0.2, 0.25) is 0 Å². The quantitative estimate of drug-likeness (QED) is 0.298. The lowest BCUT2D eigenvalue weighted by molar-refractivity contribution is 0.477. The second-order valence-corrected chi connectivity index (χ2v) is 9.44. The third-order valence-corrected chi connectivity index (χ3v) is 6.34. The molecule has 0 amide bonds. The van der Waals surface area contributed by atoms with E-state index in [9.17, 15) is 31.0 Å². The van der Waals surface area contributed by atoms with Crippen LogP contribution in [0.15, 0.2) is 86.7 Å². The van der Waals surface area contributed by atoms with Crippen LogP contribution in [0.4, 0.5) is 11.4 Å². The van der Waals surface area contributed by atoms with E-state index in [-0.39, 0.29) is 27.9 Å². The lowest BCUT2D eigenvalue weighted by Crippen LogP contribution is -2.01.